The van der Waals surface area contributed by atoms with Crippen LogP contribution in [0.15, 0.2) is 54.6 Å². The maximum Gasteiger partial charge on any atom is 0.248 e. The summed E-state index contributed by atoms with van der Waals surface area (Å²) in [5.74, 6) is 0.594. The molecule has 2 aromatic rings. The Morgan fingerprint density at radius 1 is 1.08 bits per heavy atom. The van der Waals surface area contributed by atoms with Crippen LogP contribution in [0, 0.1) is 0 Å². The van der Waals surface area contributed by atoms with Crippen LogP contribution in [0.5, 0.6) is 5.75 Å². The largest absolute Gasteiger partial charge is 0.494 e. The monoisotopic (exact) mass is 371 g/mol. The van der Waals surface area contributed by atoms with E-state index in [0.717, 1.165) is 23.4 Å². The van der Waals surface area contributed by atoms with Crippen molar-refractivity contribution in [3.8, 4) is 5.75 Å². The predicted molar refractivity (Wildman–Crippen MR) is 110 cm³/mol. The normalized spacial score (nSPS) is 10.8. The van der Waals surface area contributed by atoms with Gasteiger partial charge in [-0.2, -0.15) is 0 Å². The quantitative estimate of drug-likeness (QED) is 0.390. The second-order valence-corrected chi connectivity index (χ2v) is 6.60. The fraction of sp³-hybridized carbons (Fsp3) is 0.318. The molecule has 0 atom stereocenters. The molecule has 0 saturated carbocycles. The van der Waals surface area contributed by atoms with E-state index in [1.54, 1.807) is 18.2 Å². The standard InChI is InChI=1S/C22H26ClNO2/c1-2-3-4-5-6-16-26-21-9-7-8-20(17-21)24-22(25)15-12-18-10-13-19(23)14-11-18/h7-15,17H,2-6,16H2,1H3,(H,24,25)/b15-12+. The molecule has 0 aromatic heterocycles. The Morgan fingerprint density at radius 3 is 2.62 bits per heavy atom. The first-order valence-corrected chi connectivity index (χ1v) is 9.52. The summed E-state index contributed by atoms with van der Waals surface area (Å²) in [7, 11) is 0. The third kappa shape index (κ3) is 7.75. The fourth-order valence-corrected chi connectivity index (χ4v) is 2.61. The molecule has 0 bridgehead atoms. The summed E-state index contributed by atoms with van der Waals surface area (Å²) in [5.41, 5.74) is 1.64. The minimum atomic E-state index is -0.184. The van der Waals surface area contributed by atoms with Crippen molar-refractivity contribution in [2.24, 2.45) is 0 Å². The van der Waals surface area contributed by atoms with Crippen molar-refractivity contribution in [1.82, 2.24) is 0 Å². The molecule has 4 heteroatoms. The summed E-state index contributed by atoms with van der Waals surface area (Å²) in [6.45, 7) is 2.92. The van der Waals surface area contributed by atoms with Gasteiger partial charge in [-0.25, -0.2) is 0 Å². The van der Waals surface area contributed by atoms with Crippen molar-refractivity contribution < 1.29 is 9.53 Å². The summed E-state index contributed by atoms with van der Waals surface area (Å²) < 4.78 is 5.77. The van der Waals surface area contributed by atoms with Crippen molar-refractivity contribution in [2.45, 2.75) is 39.0 Å². The SMILES string of the molecule is CCCCCCCOc1cccc(NC(=O)/C=C/c2ccc(Cl)cc2)c1. The topological polar surface area (TPSA) is 38.3 Å². The number of carbonyl (C=O) groups is 1. The van der Waals surface area contributed by atoms with Crippen LogP contribution < -0.4 is 10.1 Å². The summed E-state index contributed by atoms with van der Waals surface area (Å²) in [6, 6.07) is 14.8. The number of benzene rings is 2. The van der Waals surface area contributed by atoms with E-state index < -0.39 is 0 Å². The Morgan fingerprint density at radius 2 is 1.85 bits per heavy atom. The van der Waals surface area contributed by atoms with Gasteiger partial charge in [-0.3, -0.25) is 4.79 Å². The van der Waals surface area contributed by atoms with Crippen LogP contribution in [0.2, 0.25) is 5.02 Å². The van der Waals surface area contributed by atoms with Gasteiger partial charge in [-0.1, -0.05) is 62.4 Å². The van der Waals surface area contributed by atoms with Gasteiger partial charge in [0.05, 0.1) is 6.61 Å². The van der Waals surface area contributed by atoms with Crippen LogP contribution in [0.25, 0.3) is 6.08 Å². The van der Waals surface area contributed by atoms with Gasteiger partial charge in [0.15, 0.2) is 0 Å². The Bertz CT molecular complexity index is 710. The summed E-state index contributed by atoms with van der Waals surface area (Å²) in [6.07, 6.45) is 9.29. The van der Waals surface area contributed by atoms with E-state index in [9.17, 15) is 4.79 Å². The zero-order chi connectivity index (χ0) is 18.6. The molecule has 0 unspecified atom stereocenters. The molecule has 3 nitrogen and oxygen atoms in total. The first-order valence-electron chi connectivity index (χ1n) is 9.15. The lowest BCUT2D eigenvalue weighted by Crippen LogP contribution is -2.08. The maximum absolute atomic E-state index is 12.1. The highest BCUT2D eigenvalue weighted by Gasteiger charge is 2.01. The molecule has 0 aliphatic rings. The molecule has 26 heavy (non-hydrogen) atoms. The van der Waals surface area contributed by atoms with Crippen molar-refractivity contribution in [3.63, 3.8) is 0 Å². The number of unbranched alkanes of at least 4 members (excludes halogenated alkanes) is 4. The molecule has 1 amide bonds. The summed E-state index contributed by atoms with van der Waals surface area (Å²) in [4.78, 5) is 12.1. The number of halogens is 1. The third-order valence-electron chi connectivity index (χ3n) is 3.92. The van der Waals surface area contributed by atoms with Gasteiger partial charge in [0, 0.05) is 22.9 Å². The van der Waals surface area contributed by atoms with E-state index in [-0.39, 0.29) is 5.91 Å². The molecule has 0 spiro atoms. The van der Waals surface area contributed by atoms with Crippen LogP contribution in [0.4, 0.5) is 5.69 Å². The van der Waals surface area contributed by atoms with Crippen LogP contribution in [0.1, 0.15) is 44.6 Å². The molecule has 0 fully saturated rings. The molecule has 0 aliphatic carbocycles. The van der Waals surface area contributed by atoms with E-state index in [0.29, 0.717) is 11.6 Å². The average molecular weight is 372 g/mol. The molecule has 2 aromatic carbocycles. The number of rotatable bonds is 10. The number of hydrogen-bond acceptors (Lipinski definition) is 2. The van der Waals surface area contributed by atoms with Crippen molar-refractivity contribution in [3.05, 3.63) is 65.2 Å². The number of hydrogen-bond donors (Lipinski definition) is 1. The number of ether oxygens (including phenoxy) is 1. The molecular formula is C22H26ClNO2. The van der Waals surface area contributed by atoms with Crippen LogP contribution in [-0.2, 0) is 4.79 Å². The summed E-state index contributed by atoms with van der Waals surface area (Å²) in [5, 5.41) is 3.53. The molecule has 0 aliphatic heterocycles. The van der Waals surface area contributed by atoms with E-state index in [2.05, 4.69) is 12.2 Å². The van der Waals surface area contributed by atoms with Gasteiger partial charge in [0.25, 0.3) is 0 Å². The van der Waals surface area contributed by atoms with E-state index in [4.69, 9.17) is 16.3 Å². The first-order chi connectivity index (χ1) is 12.7. The highest BCUT2D eigenvalue weighted by atomic mass is 35.5. The second kappa shape index (κ2) is 11.4. The molecular weight excluding hydrogens is 346 g/mol. The number of anilines is 1. The Kier molecular flexibility index (Phi) is 8.77. The van der Waals surface area contributed by atoms with Gasteiger partial charge in [-0.05, 0) is 42.3 Å². The zero-order valence-electron chi connectivity index (χ0n) is 15.2. The lowest BCUT2D eigenvalue weighted by atomic mass is 10.2. The Balaban J connectivity index is 1.79. The second-order valence-electron chi connectivity index (χ2n) is 6.16. The van der Waals surface area contributed by atoms with E-state index in [1.807, 2.05) is 36.4 Å². The lowest BCUT2D eigenvalue weighted by Gasteiger charge is -2.08. The molecule has 0 saturated heterocycles. The van der Waals surface area contributed by atoms with Crippen molar-refractivity contribution in [1.29, 1.82) is 0 Å². The highest BCUT2D eigenvalue weighted by Crippen LogP contribution is 2.18. The van der Waals surface area contributed by atoms with Crippen LogP contribution in [-0.4, -0.2) is 12.5 Å². The molecule has 0 heterocycles. The Hall–Kier alpha value is -2.26. The zero-order valence-corrected chi connectivity index (χ0v) is 16.0. The molecule has 1 N–H and O–H groups in total. The van der Waals surface area contributed by atoms with Crippen LogP contribution in [0.3, 0.4) is 0 Å². The number of amides is 1. The van der Waals surface area contributed by atoms with Gasteiger partial charge in [0.2, 0.25) is 5.91 Å². The highest BCUT2D eigenvalue weighted by molar-refractivity contribution is 6.30. The molecule has 0 radical (unpaired) electrons. The van der Waals surface area contributed by atoms with E-state index in [1.165, 1.54) is 31.8 Å². The number of nitrogens with one attached hydrogen (secondary N) is 1. The van der Waals surface area contributed by atoms with Gasteiger partial charge in [-0.15, -0.1) is 0 Å². The Labute approximate surface area is 161 Å². The fourth-order valence-electron chi connectivity index (χ4n) is 2.49. The first kappa shape index (κ1) is 20.1. The van der Waals surface area contributed by atoms with Gasteiger partial charge in [0.1, 0.15) is 5.75 Å². The predicted octanol–water partition coefficient (Wildman–Crippen LogP) is 6.34. The maximum atomic E-state index is 12.1. The molecule has 138 valence electrons. The third-order valence-corrected chi connectivity index (χ3v) is 4.17. The summed E-state index contributed by atoms with van der Waals surface area (Å²) >= 11 is 5.85. The van der Waals surface area contributed by atoms with Crippen molar-refractivity contribution in [2.75, 3.05) is 11.9 Å². The van der Waals surface area contributed by atoms with Crippen LogP contribution >= 0.6 is 11.6 Å². The minimum Gasteiger partial charge on any atom is -0.494 e. The number of carbonyl (C=O) groups excluding carboxylic acids is 1. The minimum absolute atomic E-state index is 0.184. The van der Waals surface area contributed by atoms with E-state index >= 15 is 0 Å². The van der Waals surface area contributed by atoms with Gasteiger partial charge >= 0.3 is 0 Å². The lowest BCUT2D eigenvalue weighted by molar-refractivity contribution is -0.111. The van der Waals surface area contributed by atoms with Crippen molar-refractivity contribution >= 4 is 29.3 Å². The van der Waals surface area contributed by atoms with Gasteiger partial charge < -0.3 is 10.1 Å². The molecule has 2 rings (SSSR count). The average Bonchev–Trinajstić information content (AvgIpc) is 2.64. The smallest absolute Gasteiger partial charge is 0.248 e.